The quantitative estimate of drug-likeness (QED) is 0.219. The lowest BCUT2D eigenvalue weighted by molar-refractivity contribution is -0.252. The van der Waals surface area contributed by atoms with E-state index < -0.39 is 17.4 Å². The molecule has 5 aliphatic rings. The highest BCUT2D eigenvalue weighted by molar-refractivity contribution is 5.73. The monoisotopic (exact) mass is 730 g/mol. The van der Waals surface area contributed by atoms with Gasteiger partial charge in [0.05, 0.1) is 37.9 Å². The molecule has 1 saturated heterocycles. The molecule has 4 fully saturated rings. The Balaban J connectivity index is 1.37. The second-order valence-electron chi connectivity index (χ2n) is 20.1. The van der Waals surface area contributed by atoms with E-state index in [2.05, 4.69) is 92.1 Å². The number of carboxylic acid groups (broad SMARTS) is 1. The third-order valence-electron chi connectivity index (χ3n) is 17.0. The predicted molar refractivity (Wildman–Crippen MR) is 210 cm³/mol. The number of nitrogens with two attached hydrogens (primary N) is 2. The molecule has 1 aromatic carbocycles. The largest absolute Gasteiger partial charge is 0.481 e. The van der Waals surface area contributed by atoms with Crippen molar-refractivity contribution in [1.29, 1.82) is 0 Å². The number of fused-ring (bicyclic) bond motifs is 3. The number of aromatic nitrogens is 3. The lowest BCUT2D eigenvalue weighted by Gasteiger charge is -2.71. The van der Waals surface area contributed by atoms with Crippen LogP contribution in [0.15, 0.2) is 42.0 Å². The van der Waals surface area contributed by atoms with Gasteiger partial charge in [-0.25, -0.2) is 4.68 Å². The van der Waals surface area contributed by atoms with E-state index in [4.69, 9.17) is 31.0 Å². The number of hydrogen-bond donors (Lipinski definition) is 3. The zero-order valence-corrected chi connectivity index (χ0v) is 34.1. The van der Waals surface area contributed by atoms with Crippen LogP contribution < -0.4 is 11.5 Å². The molecule has 12 atom stereocenters. The minimum Gasteiger partial charge on any atom is -0.481 e. The maximum Gasteiger partial charge on any atom is 0.307 e. The van der Waals surface area contributed by atoms with Gasteiger partial charge in [-0.15, -0.1) is 5.10 Å². The maximum atomic E-state index is 13.6. The fraction of sp³-hybridized carbons (Fsp3) is 0.750. The van der Waals surface area contributed by atoms with E-state index in [1.54, 1.807) is 0 Å². The first kappa shape index (κ1) is 38.5. The molecule has 2 heterocycles. The molecule has 9 heteroatoms. The van der Waals surface area contributed by atoms with Crippen LogP contribution in [0.25, 0.3) is 11.4 Å². The van der Waals surface area contributed by atoms with Gasteiger partial charge in [0.1, 0.15) is 0 Å². The standard InChI is InChI=1S/C44H67N5O4/c1-26(2)28(5)39(6)20-21-41(8)30-16-17-33-40(7)23-52-25-44(33,31(30)18-19-42(41,9)34(39)37(50)51)22-32(35(40)53-24-43(10,46)27(3)4)49-36(47-38(45)48-49)29-14-12-11-13-15-29/h11-15,18,26-28,30,32-35H,16-17,19-25,46H2,1-10H3,(H2,45,48)(H,50,51)/t28-,30+,32-,33+,34-,35+,39-,40+,41-,42+,43+,44?/m1/s1. The van der Waals surface area contributed by atoms with Crippen LogP contribution >= 0.6 is 0 Å². The van der Waals surface area contributed by atoms with Crippen molar-refractivity contribution < 1.29 is 19.4 Å². The Bertz CT molecular complexity index is 1740. The van der Waals surface area contributed by atoms with Gasteiger partial charge in [0.25, 0.3) is 0 Å². The van der Waals surface area contributed by atoms with Crippen LogP contribution in [-0.2, 0) is 14.3 Å². The molecule has 5 N–H and O–H groups in total. The van der Waals surface area contributed by atoms with Crippen LogP contribution in [-0.4, -0.2) is 57.3 Å². The van der Waals surface area contributed by atoms with Gasteiger partial charge in [-0.05, 0) is 91.3 Å². The van der Waals surface area contributed by atoms with Crippen molar-refractivity contribution in [2.24, 2.45) is 68.3 Å². The summed E-state index contributed by atoms with van der Waals surface area (Å²) in [5.74, 6) is 1.48. The van der Waals surface area contributed by atoms with E-state index >= 15 is 0 Å². The number of anilines is 1. The van der Waals surface area contributed by atoms with Gasteiger partial charge >= 0.3 is 5.97 Å². The van der Waals surface area contributed by atoms with Crippen molar-refractivity contribution in [2.75, 3.05) is 25.6 Å². The fourth-order valence-electron chi connectivity index (χ4n) is 12.9. The molecule has 1 aliphatic heterocycles. The summed E-state index contributed by atoms with van der Waals surface area (Å²) < 4.78 is 16.0. The Morgan fingerprint density at radius 2 is 1.75 bits per heavy atom. The summed E-state index contributed by atoms with van der Waals surface area (Å²) in [7, 11) is 0. The molecule has 9 nitrogen and oxygen atoms in total. The zero-order valence-electron chi connectivity index (χ0n) is 34.1. The Morgan fingerprint density at radius 3 is 2.40 bits per heavy atom. The highest BCUT2D eigenvalue weighted by Gasteiger charge is 2.72. The van der Waals surface area contributed by atoms with Crippen LogP contribution in [0.1, 0.15) is 114 Å². The molecule has 0 amide bonds. The molecule has 2 bridgehead atoms. The minimum atomic E-state index is -0.631. The number of hydrogen-bond acceptors (Lipinski definition) is 7. The number of aliphatic carboxylic acids is 1. The fourth-order valence-corrected chi connectivity index (χ4v) is 12.9. The first-order valence-electron chi connectivity index (χ1n) is 20.5. The van der Waals surface area contributed by atoms with Crippen molar-refractivity contribution in [3.63, 3.8) is 0 Å². The SMILES string of the molecule is CC(C)[C@@H](C)[C@@]1(C)CC[C@]2(C)[C@H]3CC[C@@H]4C5(COC[C@]4(C)[C@@H](OC[C@](C)(N)C(C)C)[C@H](n4nc(N)nc4-c4ccccc4)C5)C3=CC[C@@]2(C)[C@@H]1C(=O)O. The van der Waals surface area contributed by atoms with Crippen molar-refractivity contribution in [1.82, 2.24) is 14.8 Å². The molecule has 3 saturated carbocycles. The second-order valence-corrected chi connectivity index (χ2v) is 20.1. The van der Waals surface area contributed by atoms with Crippen molar-refractivity contribution in [3.8, 4) is 11.4 Å². The Hall–Kier alpha value is -2.75. The van der Waals surface area contributed by atoms with Crippen LogP contribution in [0.4, 0.5) is 5.95 Å². The Morgan fingerprint density at radius 1 is 1.06 bits per heavy atom. The highest BCUT2D eigenvalue weighted by atomic mass is 16.5. The van der Waals surface area contributed by atoms with Crippen molar-refractivity contribution >= 4 is 11.9 Å². The molecule has 0 radical (unpaired) electrons. The first-order chi connectivity index (χ1) is 24.8. The average Bonchev–Trinajstić information content (AvgIpc) is 3.49. The van der Waals surface area contributed by atoms with Crippen molar-refractivity contribution in [3.05, 3.63) is 42.0 Å². The predicted octanol–water partition coefficient (Wildman–Crippen LogP) is 8.42. The van der Waals surface area contributed by atoms with Crippen molar-refractivity contribution in [2.45, 2.75) is 125 Å². The number of nitrogen functional groups attached to an aromatic ring is 1. The topological polar surface area (TPSA) is 139 Å². The van der Waals surface area contributed by atoms with E-state index in [0.717, 1.165) is 49.9 Å². The number of rotatable bonds is 9. The van der Waals surface area contributed by atoms with Gasteiger partial charge in [0, 0.05) is 21.9 Å². The summed E-state index contributed by atoms with van der Waals surface area (Å²) in [5, 5.41) is 16.1. The zero-order chi connectivity index (χ0) is 38.5. The minimum absolute atomic E-state index is 0.168. The van der Waals surface area contributed by atoms with E-state index in [1.165, 1.54) is 5.57 Å². The maximum absolute atomic E-state index is 13.6. The van der Waals surface area contributed by atoms with Gasteiger partial charge in [-0.1, -0.05) is 104 Å². The molecular formula is C44H67N5O4. The molecular weight excluding hydrogens is 663 g/mol. The van der Waals surface area contributed by atoms with Gasteiger partial charge < -0.3 is 26.0 Å². The molecule has 53 heavy (non-hydrogen) atoms. The molecule has 292 valence electrons. The molecule has 2 aromatic rings. The molecule has 0 spiro atoms. The summed E-state index contributed by atoms with van der Waals surface area (Å²) in [4.78, 5) is 18.4. The number of carbonyl (C=O) groups is 1. The van der Waals surface area contributed by atoms with Crippen LogP contribution in [0.5, 0.6) is 0 Å². The Kier molecular flexibility index (Phi) is 9.38. The molecule has 7 rings (SSSR count). The molecule has 1 unspecified atom stereocenters. The highest BCUT2D eigenvalue weighted by Crippen LogP contribution is 2.75. The number of nitrogens with zero attached hydrogens (tertiary/aromatic N) is 3. The van der Waals surface area contributed by atoms with Crippen LogP contribution in [0.2, 0.25) is 0 Å². The van der Waals surface area contributed by atoms with Gasteiger partial charge in [-0.2, -0.15) is 4.98 Å². The smallest absolute Gasteiger partial charge is 0.307 e. The van der Waals surface area contributed by atoms with E-state index in [9.17, 15) is 9.90 Å². The Labute approximate surface area is 318 Å². The summed E-state index contributed by atoms with van der Waals surface area (Å²) in [5.41, 5.74) is 13.9. The van der Waals surface area contributed by atoms with E-state index in [-0.39, 0.29) is 57.0 Å². The van der Waals surface area contributed by atoms with Gasteiger partial charge in [-0.3, -0.25) is 4.79 Å². The summed E-state index contributed by atoms with van der Waals surface area (Å²) >= 11 is 0. The van der Waals surface area contributed by atoms with E-state index in [1.807, 2.05) is 18.2 Å². The lowest BCUT2D eigenvalue weighted by Crippen LogP contribution is -2.69. The van der Waals surface area contributed by atoms with E-state index in [0.29, 0.717) is 37.6 Å². The second kappa shape index (κ2) is 12.9. The number of benzene rings is 1. The number of ether oxygens (including phenoxy) is 2. The molecule has 4 aliphatic carbocycles. The third kappa shape index (κ3) is 5.51. The normalized spacial score (nSPS) is 41.2. The third-order valence-corrected chi connectivity index (χ3v) is 17.0. The summed E-state index contributed by atoms with van der Waals surface area (Å²) in [6.07, 6.45) is 7.86. The summed E-state index contributed by atoms with van der Waals surface area (Å²) in [6, 6.07) is 10.0. The lowest BCUT2D eigenvalue weighted by atomic mass is 9.34. The van der Waals surface area contributed by atoms with Gasteiger partial charge in [0.15, 0.2) is 5.82 Å². The summed E-state index contributed by atoms with van der Waals surface area (Å²) in [6.45, 7) is 24.3. The van der Waals surface area contributed by atoms with Gasteiger partial charge in [0.2, 0.25) is 5.95 Å². The first-order valence-corrected chi connectivity index (χ1v) is 20.5. The number of allylic oxidation sites excluding steroid dienone is 1. The molecule has 1 aromatic heterocycles. The van der Waals surface area contributed by atoms with Crippen LogP contribution in [0.3, 0.4) is 0 Å². The average molecular weight is 730 g/mol. The number of carboxylic acids is 1. The van der Waals surface area contributed by atoms with Crippen LogP contribution in [0, 0.1) is 62.6 Å².